The zero-order valence-corrected chi connectivity index (χ0v) is 19.8. The number of nitrogens with zero attached hydrogens (tertiary/aromatic N) is 4. The number of thioether (sulfide) groups is 1. The van der Waals surface area contributed by atoms with Crippen molar-refractivity contribution >= 4 is 29.0 Å². The van der Waals surface area contributed by atoms with E-state index in [2.05, 4.69) is 15.5 Å². The number of benzene rings is 2. The molecule has 0 saturated carbocycles. The number of anilines is 1. The molecule has 3 aromatic rings. The Morgan fingerprint density at radius 1 is 1.09 bits per heavy atom. The molecule has 0 radical (unpaired) electrons. The molecule has 1 atom stereocenters. The first kappa shape index (κ1) is 24.1. The van der Waals surface area contributed by atoms with Crippen LogP contribution in [0.3, 0.4) is 0 Å². The topological polar surface area (TPSA) is 121 Å². The van der Waals surface area contributed by atoms with Gasteiger partial charge in [-0.25, -0.2) is 0 Å². The van der Waals surface area contributed by atoms with E-state index in [1.54, 1.807) is 14.0 Å². The fraction of sp³-hybridized carbons (Fsp3) is 0.318. The Labute approximate surface area is 195 Å². The number of amides is 1. The first-order valence-corrected chi connectivity index (χ1v) is 11.0. The van der Waals surface area contributed by atoms with Gasteiger partial charge in [-0.05, 0) is 51.1 Å². The third kappa shape index (κ3) is 5.43. The van der Waals surface area contributed by atoms with Crippen molar-refractivity contribution in [2.45, 2.75) is 37.2 Å². The molecule has 0 aliphatic heterocycles. The number of carbonyl (C=O) groups excluding carboxylic acids is 1. The third-order valence-corrected chi connectivity index (χ3v) is 5.89. The lowest BCUT2D eigenvalue weighted by atomic mass is 10.2. The van der Waals surface area contributed by atoms with E-state index in [4.69, 9.17) is 9.47 Å². The van der Waals surface area contributed by atoms with Crippen LogP contribution < -0.4 is 14.8 Å². The molecule has 0 bridgehead atoms. The lowest BCUT2D eigenvalue weighted by Crippen LogP contribution is -2.23. The maximum Gasteiger partial charge on any atom is 0.271 e. The van der Waals surface area contributed by atoms with E-state index in [-0.39, 0.29) is 23.3 Å². The quantitative estimate of drug-likeness (QED) is 0.274. The number of nitro benzene ring substituents is 1. The maximum atomic E-state index is 12.9. The predicted octanol–water partition coefficient (Wildman–Crippen LogP) is 4.57. The van der Waals surface area contributed by atoms with Gasteiger partial charge in [0.2, 0.25) is 5.91 Å². The fourth-order valence-corrected chi connectivity index (χ4v) is 4.09. The molecule has 0 spiro atoms. The summed E-state index contributed by atoms with van der Waals surface area (Å²) in [5.41, 5.74) is 0.964. The van der Waals surface area contributed by atoms with Crippen molar-refractivity contribution in [2.75, 3.05) is 19.5 Å². The Morgan fingerprint density at radius 3 is 2.36 bits per heavy atom. The second-order valence-corrected chi connectivity index (χ2v) is 8.70. The lowest BCUT2D eigenvalue weighted by Gasteiger charge is -2.17. The Hall–Kier alpha value is -3.60. The normalized spacial score (nSPS) is 11.8. The summed E-state index contributed by atoms with van der Waals surface area (Å²) < 4.78 is 12.4. The Bertz CT molecular complexity index is 1150. The number of non-ortho nitro benzene ring substituents is 1. The molecule has 1 aromatic heterocycles. The van der Waals surface area contributed by atoms with E-state index in [1.807, 2.05) is 42.7 Å². The smallest absolute Gasteiger partial charge is 0.271 e. The van der Waals surface area contributed by atoms with Gasteiger partial charge in [-0.2, -0.15) is 0 Å². The summed E-state index contributed by atoms with van der Waals surface area (Å²) in [7, 11) is 3.04. The number of nitrogens with one attached hydrogen (secondary N) is 1. The second-order valence-electron chi connectivity index (χ2n) is 7.39. The molecule has 2 aromatic carbocycles. The van der Waals surface area contributed by atoms with Crippen molar-refractivity contribution in [1.82, 2.24) is 14.8 Å². The molecule has 1 N–H and O–H groups in total. The average molecular weight is 472 g/mol. The van der Waals surface area contributed by atoms with Gasteiger partial charge in [-0.15, -0.1) is 10.2 Å². The molecule has 0 aliphatic rings. The van der Waals surface area contributed by atoms with Crippen molar-refractivity contribution in [3.05, 3.63) is 52.6 Å². The number of hydrogen-bond acceptors (Lipinski definition) is 8. The van der Waals surface area contributed by atoms with Crippen molar-refractivity contribution in [3.63, 3.8) is 0 Å². The summed E-state index contributed by atoms with van der Waals surface area (Å²) in [6, 6.07) is 11.6. The summed E-state index contributed by atoms with van der Waals surface area (Å²) in [6.07, 6.45) is 0. The van der Waals surface area contributed by atoms with Crippen LogP contribution in [0, 0.1) is 10.1 Å². The highest BCUT2D eigenvalue weighted by Crippen LogP contribution is 2.33. The number of methoxy groups -OCH3 is 2. The minimum absolute atomic E-state index is 0.0479. The highest BCUT2D eigenvalue weighted by Gasteiger charge is 2.23. The van der Waals surface area contributed by atoms with Gasteiger partial charge in [0.25, 0.3) is 5.69 Å². The molecule has 11 heteroatoms. The maximum absolute atomic E-state index is 12.9. The van der Waals surface area contributed by atoms with Gasteiger partial charge in [-0.1, -0.05) is 11.8 Å². The van der Waals surface area contributed by atoms with Crippen molar-refractivity contribution < 1.29 is 19.2 Å². The molecule has 174 valence electrons. The average Bonchev–Trinajstić information content (AvgIpc) is 3.22. The molecular formula is C22H25N5O5S. The molecule has 33 heavy (non-hydrogen) atoms. The van der Waals surface area contributed by atoms with Crippen molar-refractivity contribution in [3.8, 4) is 22.9 Å². The van der Waals surface area contributed by atoms with Crippen LogP contribution in [0.15, 0.2) is 47.6 Å². The molecule has 3 rings (SSSR count). The van der Waals surface area contributed by atoms with Crippen LogP contribution in [0.2, 0.25) is 0 Å². The molecule has 1 amide bonds. The summed E-state index contributed by atoms with van der Waals surface area (Å²) in [5.74, 6) is 1.41. The molecule has 0 unspecified atom stereocenters. The van der Waals surface area contributed by atoms with Crippen molar-refractivity contribution in [1.29, 1.82) is 0 Å². The molecule has 0 fully saturated rings. The highest BCUT2D eigenvalue weighted by molar-refractivity contribution is 8.00. The molecule has 10 nitrogen and oxygen atoms in total. The second kappa shape index (κ2) is 10.3. The van der Waals surface area contributed by atoms with Crippen molar-refractivity contribution in [2.24, 2.45) is 0 Å². The fourth-order valence-electron chi connectivity index (χ4n) is 3.11. The van der Waals surface area contributed by atoms with Gasteiger partial charge in [-0.3, -0.25) is 19.5 Å². The molecule has 1 heterocycles. The number of ether oxygens (including phenoxy) is 2. The monoisotopic (exact) mass is 471 g/mol. The van der Waals surface area contributed by atoms with E-state index in [0.29, 0.717) is 16.7 Å². The largest absolute Gasteiger partial charge is 0.497 e. The number of nitro groups is 1. The first-order chi connectivity index (χ1) is 15.7. The van der Waals surface area contributed by atoms with Crippen LogP contribution in [0.25, 0.3) is 11.4 Å². The van der Waals surface area contributed by atoms with Gasteiger partial charge >= 0.3 is 0 Å². The number of aromatic nitrogens is 3. The molecule has 0 aliphatic carbocycles. The van der Waals surface area contributed by atoms with Gasteiger partial charge in [0.15, 0.2) is 11.0 Å². The van der Waals surface area contributed by atoms with Gasteiger partial charge in [0.05, 0.1) is 30.1 Å². The predicted molar refractivity (Wildman–Crippen MR) is 126 cm³/mol. The summed E-state index contributed by atoms with van der Waals surface area (Å²) in [5, 5.41) is 22.5. The Morgan fingerprint density at radius 2 is 1.79 bits per heavy atom. The number of hydrogen-bond donors (Lipinski definition) is 1. The summed E-state index contributed by atoms with van der Waals surface area (Å²) in [4.78, 5) is 23.4. The van der Waals surface area contributed by atoms with Crippen LogP contribution in [0.5, 0.6) is 11.5 Å². The van der Waals surface area contributed by atoms with E-state index in [0.717, 1.165) is 11.3 Å². The number of carbonyl (C=O) groups is 1. The van der Waals surface area contributed by atoms with Crippen LogP contribution in [0.1, 0.15) is 26.8 Å². The Balaban J connectivity index is 1.82. The lowest BCUT2D eigenvalue weighted by molar-refractivity contribution is -0.384. The minimum atomic E-state index is -0.556. The van der Waals surface area contributed by atoms with Gasteiger partial charge in [0, 0.05) is 23.7 Å². The summed E-state index contributed by atoms with van der Waals surface area (Å²) >= 11 is 1.25. The zero-order chi connectivity index (χ0) is 24.1. The van der Waals surface area contributed by atoms with Crippen LogP contribution in [-0.2, 0) is 4.79 Å². The molecular weight excluding hydrogens is 446 g/mol. The van der Waals surface area contributed by atoms with Crippen LogP contribution >= 0.6 is 11.8 Å². The first-order valence-electron chi connectivity index (χ1n) is 10.1. The van der Waals surface area contributed by atoms with Gasteiger partial charge in [0.1, 0.15) is 11.5 Å². The standard InChI is InChI=1S/C22H25N5O5S/c1-13(2)26-20(15-6-9-17(31-4)10-7-15)24-25-22(26)33-14(3)21(28)23-18-12-16(27(29)30)8-11-19(18)32-5/h6-14H,1-5H3,(H,23,28)/t14-/m0/s1. The van der Waals surface area contributed by atoms with Gasteiger partial charge < -0.3 is 14.8 Å². The zero-order valence-electron chi connectivity index (χ0n) is 18.9. The van der Waals surface area contributed by atoms with Crippen LogP contribution in [-0.4, -0.2) is 45.1 Å². The Kier molecular flexibility index (Phi) is 7.54. The van der Waals surface area contributed by atoms with Crippen LogP contribution in [0.4, 0.5) is 11.4 Å². The van der Waals surface area contributed by atoms with E-state index in [9.17, 15) is 14.9 Å². The summed E-state index contributed by atoms with van der Waals surface area (Å²) in [6.45, 7) is 5.76. The SMILES string of the molecule is COc1ccc(-c2nnc(S[C@@H](C)C(=O)Nc3cc([N+](=O)[O-])ccc3OC)n2C(C)C)cc1. The minimum Gasteiger partial charge on any atom is -0.497 e. The highest BCUT2D eigenvalue weighted by atomic mass is 32.2. The van der Waals surface area contributed by atoms with E-state index < -0.39 is 10.2 Å². The van der Waals surface area contributed by atoms with E-state index in [1.165, 1.54) is 37.1 Å². The van der Waals surface area contributed by atoms with E-state index >= 15 is 0 Å². The third-order valence-electron chi connectivity index (χ3n) is 4.83. The molecule has 0 saturated heterocycles. The number of rotatable bonds is 9.